The standard InChI is InChI=1S/C20H16IN3.C20H15N3.C20H16.C2H3N.IN3/c1-9-7-11(3)15-17-13(9)5-6-14-10(2)8-12(4)16(18(14)17)20(19(15)21)23-24-22;1-10-7-12(3)16-9-17(22-23-21)18-13(4)8-11(2)15-6-5-14(10)19(16)20(15)18;1-11-9-12(2)16-7-8-18-14(4)10-13(3)17-6-5-15(11)19(16)20(17)18;1-2-3;1-3-4-2/h5-8,19-20H,1-2H2,3-4H3;5-9H,1-2H2,3-4H3;5-10H,1,3H2,2,4H3;1H3;. The largest absolute Gasteiger partial charge is 0.199 e. The molecule has 11 aromatic carbocycles. The monoisotopic (exact) mass is 1190 g/mol. The average molecular weight is 1190 g/mol. The average Bonchev–Trinajstić information content (AvgIpc) is 3.36. The Kier molecular flexibility index (Phi) is 14.8. The van der Waals surface area contributed by atoms with Crippen LogP contribution < -0.4 is 31.3 Å². The number of hydrogen-bond donors (Lipinski definition) is 0. The Morgan fingerprint density at radius 2 is 0.770 bits per heavy atom. The van der Waals surface area contributed by atoms with Crippen LogP contribution in [0.3, 0.4) is 0 Å². The van der Waals surface area contributed by atoms with E-state index in [-0.39, 0.29) is 9.97 Å². The second-order valence-electron chi connectivity index (χ2n) is 18.8. The van der Waals surface area contributed by atoms with Crippen molar-refractivity contribution in [3.05, 3.63) is 198 Å². The van der Waals surface area contributed by atoms with Crippen molar-refractivity contribution < 1.29 is 0 Å². The number of nitriles is 1. The highest BCUT2D eigenvalue weighted by Crippen LogP contribution is 2.52. The van der Waals surface area contributed by atoms with Gasteiger partial charge in [-0.25, -0.2) is 0 Å². The lowest BCUT2D eigenvalue weighted by Gasteiger charge is -2.31. The molecule has 0 saturated heterocycles. The molecule has 2 unspecified atom stereocenters. The van der Waals surface area contributed by atoms with Gasteiger partial charge in [0, 0.05) is 54.1 Å². The molecule has 74 heavy (non-hydrogen) atoms. The molecule has 10 nitrogen and oxygen atoms in total. The molecule has 1 aliphatic rings. The summed E-state index contributed by atoms with van der Waals surface area (Å²) in [5, 5.41) is 41.0. The van der Waals surface area contributed by atoms with Gasteiger partial charge in [-0.05, 0) is 230 Å². The van der Waals surface area contributed by atoms with E-state index in [0.29, 0.717) is 5.69 Å². The SMILES string of the molecule is C=c1cc(C)c2c3c1ccc1c(=C)cc(C)c(c13)C(N=[N+]=[N-])C2I.C=c1cc(C)c2cc(N=[N+]=[N-])c3c(C)cc(=C)c4ccc1c2c34.C=c1cc(C)c2ccc3c(C)cc(=C)c4ccc1c2c34.CC#N.[N-]=[N+]=NI. The van der Waals surface area contributed by atoms with Gasteiger partial charge in [0.2, 0.25) is 0 Å². The molecular formula is C62H50I2N10. The molecule has 12 heteroatoms. The fourth-order valence-corrected chi connectivity index (χ4v) is 12.7. The number of hydrogen-bond acceptors (Lipinski definition) is 4. The lowest BCUT2D eigenvalue weighted by molar-refractivity contribution is 0.715. The van der Waals surface area contributed by atoms with Gasteiger partial charge in [-0.3, -0.25) is 0 Å². The van der Waals surface area contributed by atoms with Crippen LogP contribution in [-0.2, 0) is 0 Å². The number of alkyl halides is 1. The number of halogens is 2. The van der Waals surface area contributed by atoms with E-state index in [0.717, 1.165) is 85.9 Å². The summed E-state index contributed by atoms with van der Waals surface area (Å²) in [5.41, 5.74) is 35.6. The summed E-state index contributed by atoms with van der Waals surface area (Å²) in [4.78, 5) is 8.51. The minimum absolute atomic E-state index is 0.106. The fourth-order valence-electron chi connectivity index (χ4n) is 11.4. The van der Waals surface area contributed by atoms with E-state index in [2.05, 4.69) is 210 Å². The molecule has 0 spiro atoms. The van der Waals surface area contributed by atoms with Crippen LogP contribution in [0.2, 0.25) is 0 Å². The van der Waals surface area contributed by atoms with Crippen molar-refractivity contribution >= 4 is 177 Å². The highest BCUT2D eigenvalue weighted by Gasteiger charge is 2.33. The maximum Gasteiger partial charge on any atom is 0.0792 e. The Morgan fingerprint density at radius 3 is 1.18 bits per heavy atom. The second-order valence-corrected chi connectivity index (χ2v) is 20.6. The summed E-state index contributed by atoms with van der Waals surface area (Å²) in [5.74, 6) is 0. The van der Waals surface area contributed by atoms with E-state index in [1.807, 2.05) is 13.0 Å². The van der Waals surface area contributed by atoms with Crippen LogP contribution in [0.25, 0.3) is 157 Å². The zero-order valence-corrected chi connectivity index (χ0v) is 46.6. The van der Waals surface area contributed by atoms with E-state index in [4.69, 9.17) is 21.9 Å². The number of rotatable bonds is 2. The first-order valence-electron chi connectivity index (χ1n) is 23.5. The third-order valence-electron chi connectivity index (χ3n) is 14.3. The molecule has 0 radical (unpaired) electrons. The molecule has 0 aromatic heterocycles. The van der Waals surface area contributed by atoms with Gasteiger partial charge in [0.15, 0.2) is 0 Å². The summed E-state index contributed by atoms with van der Waals surface area (Å²) >= 11 is 3.98. The highest BCUT2D eigenvalue weighted by atomic mass is 127. The smallest absolute Gasteiger partial charge is 0.0792 e. The minimum Gasteiger partial charge on any atom is -0.199 e. The molecule has 0 amide bonds. The van der Waals surface area contributed by atoms with Gasteiger partial charge in [-0.15, -0.1) is 0 Å². The van der Waals surface area contributed by atoms with Crippen LogP contribution in [0, 0.1) is 52.9 Å². The van der Waals surface area contributed by atoms with Gasteiger partial charge < -0.3 is 0 Å². The van der Waals surface area contributed by atoms with Crippen molar-refractivity contribution in [2.75, 3.05) is 0 Å². The molecule has 0 aliphatic heterocycles. The molecule has 0 bridgehead atoms. The highest BCUT2D eigenvalue weighted by molar-refractivity contribution is 14.1. The van der Waals surface area contributed by atoms with Crippen LogP contribution in [-0.4, -0.2) is 0 Å². The third-order valence-corrected chi connectivity index (χ3v) is 15.8. The summed E-state index contributed by atoms with van der Waals surface area (Å²) in [6, 6.07) is 33.6. The fraction of sp³-hybridized carbons (Fsp3) is 0.145. The number of benzene rings is 11. The van der Waals surface area contributed by atoms with E-state index in [9.17, 15) is 0 Å². The van der Waals surface area contributed by atoms with Crippen molar-refractivity contribution in [1.82, 2.24) is 0 Å². The summed E-state index contributed by atoms with van der Waals surface area (Å²) in [6.07, 6.45) is 0. The first-order valence-corrected chi connectivity index (χ1v) is 25.7. The molecule has 2 atom stereocenters. The normalized spacial score (nSPS) is 13.2. The number of azide groups is 3. The molecule has 0 heterocycles. The second kappa shape index (κ2) is 20.9. The maximum absolute atomic E-state index is 9.13. The Hall–Kier alpha value is -7.88. The lowest BCUT2D eigenvalue weighted by atomic mass is 9.79. The van der Waals surface area contributed by atoms with Crippen molar-refractivity contribution in [1.29, 1.82) is 5.26 Å². The van der Waals surface area contributed by atoms with Crippen molar-refractivity contribution in [3.8, 4) is 6.07 Å². The minimum atomic E-state index is -0.203. The maximum atomic E-state index is 9.13. The molecule has 0 fully saturated rings. The summed E-state index contributed by atoms with van der Waals surface area (Å²) in [6.45, 7) is 39.3. The quantitative estimate of drug-likeness (QED) is 0.0412. The molecule has 12 rings (SSSR count). The molecule has 11 aromatic rings. The van der Waals surface area contributed by atoms with Gasteiger partial charge in [0.05, 0.1) is 12.1 Å². The lowest BCUT2D eigenvalue weighted by Crippen LogP contribution is -2.18. The van der Waals surface area contributed by atoms with Gasteiger partial charge >= 0.3 is 0 Å². The predicted octanol–water partition coefficient (Wildman–Crippen LogP) is 16.4. The first kappa shape index (κ1) is 52.4. The van der Waals surface area contributed by atoms with E-state index in [1.165, 1.54) is 83.0 Å². The third kappa shape index (κ3) is 8.72. The van der Waals surface area contributed by atoms with Crippen molar-refractivity contribution in [2.45, 2.75) is 58.4 Å². The predicted molar refractivity (Wildman–Crippen MR) is 333 cm³/mol. The van der Waals surface area contributed by atoms with Crippen LogP contribution in [0.4, 0.5) is 5.69 Å². The van der Waals surface area contributed by atoms with Gasteiger partial charge in [0.1, 0.15) is 0 Å². The van der Waals surface area contributed by atoms with E-state index in [1.54, 1.807) is 28.9 Å². The Bertz CT molecular complexity index is 4630. The zero-order chi connectivity index (χ0) is 53.6. The Morgan fingerprint density at radius 1 is 0.446 bits per heavy atom. The summed E-state index contributed by atoms with van der Waals surface area (Å²) < 4.78 is 2.99. The molecular weight excluding hydrogens is 1140 g/mol. The molecule has 0 saturated carbocycles. The van der Waals surface area contributed by atoms with Gasteiger partial charge in [0.25, 0.3) is 0 Å². The van der Waals surface area contributed by atoms with Crippen LogP contribution in [0.15, 0.2) is 105 Å². The van der Waals surface area contributed by atoms with Crippen molar-refractivity contribution in [2.24, 2.45) is 13.6 Å². The number of aryl methyl sites for hydroxylation is 6. The Labute approximate surface area is 454 Å². The molecule has 362 valence electrons. The van der Waals surface area contributed by atoms with Crippen LogP contribution in [0.5, 0.6) is 0 Å². The van der Waals surface area contributed by atoms with E-state index >= 15 is 0 Å². The van der Waals surface area contributed by atoms with Crippen LogP contribution in [0.1, 0.15) is 61.4 Å². The van der Waals surface area contributed by atoms with Crippen LogP contribution >= 0.6 is 45.5 Å². The zero-order valence-electron chi connectivity index (χ0n) is 42.3. The first-order chi connectivity index (χ1) is 35.4. The molecule has 1 aliphatic carbocycles. The molecule has 0 N–H and O–H groups in total. The Balaban J connectivity index is 0.000000139. The summed E-state index contributed by atoms with van der Waals surface area (Å²) in [7, 11) is 0. The van der Waals surface area contributed by atoms with Gasteiger partial charge in [-0.2, -0.15) is 5.26 Å². The number of nitrogens with zero attached hydrogens (tertiary/aromatic N) is 10. The van der Waals surface area contributed by atoms with E-state index < -0.39 is 0 Å². The topological polar surface area (TPSA) is 170 Å². The van der Waals surface area contributed by atoms with Gasteiger partial charge in [-0.1, -0.05) is 157 Å². The van der Waals surface area contributed by atoms with Crippen molar-refractivity contribution in [3.63, 3.8) is 0 Å².